The maximum absolute atomic E-state index is 12.5. The van der Waals surface area contributed by atoms with Gasteiger partial charge in [0.25, 0.3) is 5.91 Å². The number of hydrogen-bond donors (Lipinski definition) is 5. The van der Waals surface area contributed by atoms with Crippen molar-refractivity contribution in [3.05, 3.63) is 39.2 Å². The second-order valence-electron chi connectivity index (χ2n) is 7.32. The molecule has 0 saturated heterocycles. The zero-order chi connectivity index (χ0) is 25.0. The van der Waals surface area contributed by atoms with E-state index in [4.69, 9.17) is 16.6 Å². The number of rotatable bonds is 9. The molecule has 0 fully saturated rings. The Morgan fingerprint density at radius 3 is 2.56 bits per heavy atom. The number of carboxylic acid groups (broad SMARTS) is 2. The number of carbonyl (C=O) groups excluding carboxylic acids is 1. The molecule has 14 heteroatoms. The first-order chi connectivity index (χ1) is 16.0. The summed E-state index contributed by atoms with van der Waals surface area (Å²) in [6.45, 7) is 0.366. The van der Waals surface area contributed by atoms with Crippen molar-refractivity contribution < 1.29 is 24.6 Å². The van der Waals surface area contributed by atoms with Gasteiger partial charge in [-0.1, -0.05) is 0 Å². The summed E-state index contributed by atoms with van der Waals surface area (Å²) in [6.07, 6.45) is 0.965. The Kier molecular flexibility index (Phi) is 7.60. The van der Waals surface area contributed by atoms with Crippen LogP contribution in [0.1, 0.15) is 28.9 Å². The molecule has 0 aliphatic rings. The lowest BCUT2D eigenvalue weighted by atomic mass is 10.1. The number of aromatic nitrogens is 4. The minimum absolute atomic E-state index is 0.0133. The lowest BCUT2D eigenvalue weighted by Gasteiger charge is -2.21. The van der Waals surface area contributed by atoms with Crippen molar-refractivity contribution in [2.45, 2.75) is 25.4 Å². The smallest absolute Gasteiger partial charge is 0.326 e. The molecule has 34 heavy (non-hydrogen) atoms. The molecule has 0 saturated carbocycles. The van der Waals surface area contributed by atoms with Crippen molar-refractivity contribution >= 4 is 69.1 Å². The van der Waals surface area contributed by atoms with Crippen molar-refractivity contribution in [3.8, 4) is 0 Å². The van der Waals surface area contributed by atoms with E-state index in [1.165, 1.54) is 0 Å². The molecule has 1 aromatic carbocycles. The Hall–Kier alpha value is -3.82. The molecular weight excluding hydrogens is 559 g/mol. The minimum atomic E-state index is -1.30. The number of hydrogen-bond acceptors (Lipinski definition) is 10. The van der Waals surface area contributed by atoms with Gasteiger partial charge in [0, 0.05) is 22.6 Å². The predicted molar refractivity (Wildman–Crippen MR) is 131 cm³/mol. The second-order valence-corrected chi connectivity index (χ2v) is 8.48. The van der Waals surface area contributed by atoms with Gasteiger partial charge in [-0.15, -0.1) is 0 Å². The lowest BCUT2D eigenvalue weighted by Crippen LogP contribution is -2.41. The molecule has 0 unspecified atom stereocenters. The molecule has 13 nitrogen and oxygen atoms in total. The highest BCUT2D eigenvalue weighted by atomic mass is 127. The Balaban J connectivity index is 1.74. The zero-order valence-corrected chi connectivity index (χ0v) is 20.1. The summed E-state index contributed by atoms with van der Waals surface area (Å²) in [6, 6.07) is 3.58. The Morgan fingerprint density at radius 1 is 1.18 bits per heavy atom. The third-order valence-electron chi connectivity index (χ3n) is 4.77. The van der Waals surface area contributed by atoms with Crippen molar-refractivity contribution in [1.29, 1.82) is 0 Å². The van der Waals surface area contributed by atoms with Gasteiger partial charge in [0.15, 0.2) is 17.0 Å². The number of carboxylic acids is 2. The summed E-state index contributed by atoms with van der Waals surface area (Å²) in [5, 5.41) is 20.4. The summed E-state index contributed by atoms with van der Waals surface area (Å²) in [5.74, 6) is -2.91. The molecule has 3 aromatic rings. The lowest BCUT2D eigenvalue weighted by molar-refractivity contribution is -0.140. The van der Waals surface area contributed by atoms with Crippen LogP contribution in [0.5, 0.6) is 0 Å². The van der Waals surface area contributed by atoms with E-state index in [2.05, 4.69) is 47.8 Å². The molecular formula is C20H21IN8O5. The topological polar surface area (TPSA) is 211 Å². The Morgan fingerprint density at radius 2 is 1.91 bits per heavy atom. The molecule has 178 valence electrons. The first-order valence-electron chi connectivity index (χ1n) is 9.86. The molecule has 1 atom stereocenters. The molecule has 2 aromatic heterocycles. The van der Waals surface area contributed by atoms with E-state index in [1.807, 2.05) is 11.9 Å². The van der Waals surface area contributed by atoms with Gasteiger partial charge < -0.3 is 31.9 Å². The van der Waals surface area contributed by atoms with Gasteiger partial charge in [-0.3, -0.25) is 9.59 Å². The molecule has 0 spiro atoms. The Labute approximate surface area is 206 Å². The van der Waals surface area contributed by atoms with Crippen molar-refractivity contribution in [3.63, 3.8) is 0 Å². The van der Waals surface area contributed by atoms with E-state index in [0.29, 0.717) is 23.4 Å². The van der Waals surface area contributed by atoms with E-state index in [9.17, 15) is 19.5 Å². The van der Waals surface area contributed by atoms with Crippen LogP contribution in [-0.4, -0.2) is 61.1 Å². The fraction of sp³-hybridized carbons (Fsp3) is 0.250. The van der Waals surface area contributed by atoms with Crippen LogP contribution in [0.2, 0.25) is 0 Å². The van der Waals surface area contributed by atoms with E-state index < -0.39 is 23.9 Å². The van der Waals surface area contributed by atoms with Crippen LogP contribution in [-0.2, 0) is 16.1 Å². The van der Waals surface area contributed by atoms with Crippen LogP contribution in [0, 0.1) is 3.57 Å². The van der Waals surface area contributed by atoms with Gasteiger partial charge >= 0.3 is 11.9 Å². The average Bonchev–Trinajstić information content (AvgIpc) is 2.76. The molecule has 0 radical (unpaired) electrons. The average molecular weight is 580 g/mol. The summed E-state index contributed by atoms with van der Waals surface area (Å²) >= 11 is 2.07. The molecule has 0 aliphatic heterocycles. The normalized spacial score (nSPS) is 11.7. The molecule has 2 heterocycles. The van der Waals surface area contributed by atoms with E-state index in [0.717, 1.165) is 9.26 Å². The van der Waals surface area contributed by atoms with E-state index >= 15 is 0 Å². The quantitative estimate of drug-likeness (QED) is 0.223. The zero-order valence-electron chi connectivity index (χ0n) is 17.9. The highest BCUT2D eigenvalue weighted by molar-refractivity contribution is 14.1. The van der Waals surface area contributed by atoms with Crippen LogP contribution < -0.4 is 21.7 Å². The summed E-state index contributed by atoms with van der Waals surface area (Å²) in [4.78, 5) is 53.1. The highest BCUT2D eigenvalue weighted by Gasteiger charge is 2.22. The molecule has 3 rings (SSSR count). The van der Waals surface area contributed by atoms with Gasteiger partial charge in [0.1, 0.15) is 6.04 Å². The fourth-order valence-electron chi connectivity index (χ4n) is 3.11. The Bertz CT molecular complexity index is 1270. The largest absolute Gasteiger partial charge is 0.481 e. The SMILES string of the molecule is CN(Cc1cnc2nc(N)nc(N)c2n1)c1ccc(C(=O)N[C@H](CCC(=O)O)C(=O)O)cc1I. The van der Waals surface area contributed by atoms with Crippen molar-refractivity contribution in [1.82, 2.24) is 25.3 Å². The number of benzene rings is 1. The van der Waals surface area contributed by atoms with Gasteiger partial charge in [0.2, 0.25) is 5.95 Å². The number of nitrogens with zero attached hydrogens (tertiary/aromatic N) is 5. The van der Waals surface area contributed by atoms with Crippen LogP contribution in [0.15, 0.2) is 24.4 Å². The van der Waals surface area contributed by atoms with Gasteiger partial charge in [-0.2, -0.15) is 9.97 Å². The number of amides is 1. The minimum Gasteiger partial charge on any atom is -0.481 e. The first kappa shape index (κ1) is 24.8. The number of anilines is 3. The summed E-state index contributed by atoms with van der Waals surface area (Å²) in [5.41, 5.74) is 13.7. The van der Waals surface area contributed by atoms with Crippen molar-refractivity contribution in [2.75, 3.05) is 23.4 Å². The van der Waals surface area contributed by atoms with Crippen molar-refractivity contribution in [2.24, 2.45) is 0 Å². The van der Waals surface area contributed by atoms with Crippen LogP contribution in [0.25, 0.3) is 11.2 Å². The third kappa shape index (κ3) is 5.94. The fourth-order valence-corrected chi connectivity index (χ4v) is 4.04. The molecule has 1 amide bonds. The number of aliphatic carboxylic acids is 2. The highest BCUT2D eigenvalue weighted by Crippen LogP contribution is 2.25. The number of halogens is 1. The number of carbonyl (C=O) groups is 3. The molecule has 0 bridgehead atoms. The van der Waals surface area contributed by atoms with Gasteiger partial charge in [0.05, 0.1) is 24.1 Å². The van der Waals surface area contributed by atoms with Crippen LogP contribution in [0.3, 0.4) is 0 Å². The predicted octanol–water partition coefficient (Wildman–Crippen LogP) is 0.873. The number of nitrogens with one attached hydrogen (secondary N) is 1. The monoisotopic (exact) mass is 580 g/mol. The maximum Gasteiger partial charge on any atom is 0.326 e. The van der Waals surface area contributed by atoms with E-state index in [1.54, 1.807) is 24.4 Å². The van der Waals surface area contributed by atoms with Gasteiger partial charge in [-0.25, -0.2) is 14.8 Å². The van der Waals surface area contributed by atoms with Gasteiger partial charge in [-0.05, 0) is 47.2 Å². The number of nitrogens with two attached hydrogens (primary N) is 2. The number of fused-ring (bicyclic) bond motifs is 1. The number of nitrogen functional groups attached to an aromatic ring is 2. The summed E-state index contributed by atoms with van der Waals surface area (Å²) in [7, 11) is 1.83. The standard InChI is InChI=1S/C20H21IN8O5/c1-29(8-10-7-24-17-15(25-10)16(22)27-20(23)28-17)13-4-2-9(6-11(13)21)18(32)26-12(19(33)34)3-5-14(30)31/h2,4,6-7,12H,3,5,8H2,1H3,(H,26,32)(H,30,31)(H,33,34)(H4,22,23,24,27,28)/t12-/m1/s1. The summed E-state index contributed by atoms with van der Waals surface area (Å²) < 4.78 is 0.731. The third-order valence-corrected chi connectivity index (χ3v) is 5.64. The van der Waals surface area contributed by atoms with E-state index in [-0.39, 0.29) is 30.2 Å². The first-order valence-corrected chi connectivity index (χ1v) is 10.9. The molecule has 0 aliphatic carbocycles. The second kappa shape index (κ2) is 10.4. The maximum atomic E-state index is 12.5. The van der Waals surface area contributed by atoms with Crippen LogP contribution in [0.4, 0.5) is 17.5 Å². The van der Waals surface area contributed by atoms with Crippen LogP contribution >= 0.6 is 22.6 Å². The molecule has 7 N–H and O–H groups in total.